The van der Waals surface area contributed by atoms with Crippen molar-refractivity contribution in [2.75, 3.05) is 0 Å². The van der Waals surface area contributed by atoms with Gasteiger partial charge in [-0.2, -0.15) is 0 Å². The minimum absolute atomic E-state index is 0.497. The zero-order valence-electron chi connectivity index (χ0n) is 13.1. The Hall–Kier alpha value is -0.850. The van der Waals surface area contributed by atoms with E-state index in [-0.39, 0.29) is 0 Å². The molecule has 1 aromatic rings. The van der Waals surface area contributed by atoms with Crippen LogP contribution in [0.3, 0.4) is 0 Å². The lowest BCUT2D eigenvalue weighted by atomic mass is 9.69. The summed E-state index contributed by atoms with van der Waals surface area (Å²) in [6.45, 7) is 9.37. The van der Waals surface area contributed by atoms with Gasteiger partial charge < -0.3 is 0 Å². The van der Waals surface area contributed by atoms with Crippen molar-refractivity contribution in [1.29, 1.82) is 0 Å². The zero-order chi connectivity index (χ0) is 13.9. The fraction of sp³-hybridized carbons (Fsp3) is 0.722. The SMILES string of the molecule is CCc1cc(CC2CCC(C(C)(C)C)CC2)ccn1. The number of aromatic nitrogens is 1. The van der Waals surface area contributed by atoms with E-state index in [1.807, 2.05) is 6.20 Å². The van der Waals surface area contributed by atoms with E-state index in [2.05, 4.69) is 44.8 Å². The lowest BCUT2D eigenvalue weighted by Crippen LogP contribution is -2.26. The van der Waals surface area contributed by atoms with Crippen LogP contribution in [0.1, 0.15) is 64.6 Å². The molecule has 0 N–H and O–H groups in total. The molecule has 19 heavy (non-hydrogen) atoms. The van der Waals surface area contributed by atoms with Crippen molar-refractivity contribution in [1.82, 2.24) is 4.98 Å². The van der Waals surface area contributed by atoms with Gasteiger partial charge in [0.2, 0.25) is 0 Å². The summed E-state index contributed by atoms with van der Waals surface area (Å²) in [6, 6.07) is 4.50. The Labute approximate surface area is 118 Å². The summed E-state index contributed by atoms with van der Waals surface area (Å²) in [5.41, 5.74) is 3.23. The molecule has 0 bridgehead atoms. The van der Waals surface area contributed by atoms with Gasteiger partial charge in [0, 0.05) is 11.9 Å². The summed E-state index contributed by atoms with van der Waals surface area (Å²) in [4.78, 5) is 4.40. The van der Waals surface area contributed by atoms with Crippen molar-refractivity contribution in [3.63, 3.8) is 0 Å². The summed E-state index contributed by atoms with van der Waals surface area (Å²) in [6.07, 6.45) is 9.93. The van der Waals surface area contributed by atoms with Crippen LogP contribution in [0.5, 0.6) is 0 Å². The van der Waals surface area contributed by atoms with Crippen molar-refractivity contribution in [3.05, 3.63) is 29.6 Å². The molecule has 0 spiro atoms. The van der Waals surface area contributed by atoms with E-state index in [0.29, 0.717) is 5.41 Å². The van der Waals surface area contributed by atoms with Crippen LogP contribution in [0.15, 0.2) is 18.3 Å². The summed E-state index contributed by atoms with van der Waals surface area (Å²) < 4.78 is 0. The standard InChI is InChI=1S/C18H29N/c1-5-17-13-15(10-11-19-17)12-14-6-8-16(9-7-14)18(2,3)4/h10-11,13-14,16H,5-9,12H2,1-4H3. The quantitative estimate of drug-likeness (QED) is 0.741. The Balaban J connectivity index is 1.88. The largest absolute Gasteiger partial charge is 0.261 e. The van der Waals surface area contributed by atoms with Crippen LogP contribution in [-0.2, 0) is 12.8 Å². The fourth-order valence-corrected chi connectivity index (χ4v) is 3.41. The average Bonchev–Trinajstić information content (AvgIpc) is 2.38. The predicted molar refractivity (Wildman–Crippen MR) is 82.2 cm³/mol. The first-order valence-corrected chi connectivity index (χ1v) is 7.93. The van der Waals surface area contributed by atoms with E-state index < -0.39 is 0 Å². The molecular weight excluding hydrogens is 230 g/mol. The molecule has 1 aliphatic rings. The van der Waals surface area contributed by atoms with Gasteiger partial charge in [-0.25, -0.2) is 0 Å². The Kier molecular flexibility index (Phi) is 4.65. The van der Waals surface area contributed by atoms with Crippen molar-refractivity contribution in [3.8, 4) is 0 Å². The number of hydrogen-bond acceptors (Lipinski definition) is 1. The van der Waals surface area contributed by atoms with Crippen molar-refractivity contribution in [2.24, 2.45) is 17.3 Å². The average molecular weight is 259 g/mol. The summed E-state index contributed by atoms with van der Waals surface area (Å²) in [7, 11) is 0. The number of nitrogens with zero attached hydrogens (tertiary/aromatic N) is 1. The first-order valence-electron chi connectivity index (χ1n) is 7.93. The summed E-state index contributed by atoms with van der Waals surface area (Å²) in [5.74, 6) is 1.82. The number of pyridine rings is 1. The normalized spacial score (nSPS) is 24.4. The maximum atomic E-state index is 4.40. The molecule has 0 aliphatic heterocycles. The predicted octanol–water partition coefficient (Wildman–Crippen LogP) is 5.04. The van der Waals surface area contributed by atoms with E-state index in [9.17, 15) is 0 Å². The zero-order valence-corrected chi connectivity index (χ0v) is 13.1. The molecule has 1 fully saturated rings. The van der Waals surface area contributed by atoms with Gasteiger partial charge in [0.05, 0.1) is 0 Å². The highest BCUT2D eigenvalue weighted by atomic mass is 14.7. The molecule has 1 heteroatoms. The van der Waals surface area contributed by atoms with Gasteiger partial charge in [-0.3, -0.25) is 4.98 Å². The van der Waals surface area contributed by atoms with Gasteiger partial charge in [-0.05, 0) is 73.5 Å². The second-order valence-electron chi connectivity index (χ2n) is 7.30. The number of aryl methyl sites for hydroxylation is 1. The molecule has 0 radical (unpaired) electrons. The number of hydrogen-bond donors (Lipinski definition) is 0. The first kappa shape index (κ1) is 14.6. The Morgan fingerprint density at radius 2 is 1.84 bits per heavy atom. The van der Waals surface area contributed by atoms with Crippen LogP contribution in [-0.4, -0.2) is 4.98 Å². The molecule has 106 valence electrons. The summed E-state index contributed by atoms with van der Waals surface area (Å²) in [5, 5.41) is 0. The van der Waals surface area contributed by atoms with Gasteiger partial charge in [-0.1, -0.05) is 27.7 Å². The highest BCUT2D eigenvalue weighted by molar-refractivity contribution is 5.17. The molecule has 0 amide bonds. The highest BCUT2D eigenvalue weighted by Crippen LogP contribution is 2.40. The molecule has 0 aromatic carbocycles. The molecule has 1 saturated carbocycles. The third-order valence-corrected chi connectivity index (χ3v) is 4.84. The van der Waals surface area contributed by atoms with E-state index in [0.717, 1.165) is 18.3 Å². The smallest absolute Gasteiger partial charge is 0.0403 e. The third kappa shape index (κ3) is 4.06. The van der Waals surface area contributed by atoms with Crippen LogP contribution in [0, 0.1) is 17.3 Å². The second kappa shape index (κ2) is 6.07. The van der Waals surface area contributed by atoms with Crippen LogP contribution in [0.4, 0.5) is 0 Å². The molecule has 0 unspecified atom stereocenters. The third-order valence-electron chi connectivity index (χ3n) is 4.84. The molecule has 0 atom stereocenters. The van der Waals surface area contributed by atoms with Gasteiger partial charge in [0.25, 0.3) is 0 Å². The maximum Gasteiger partial charge on any atom is 0.0403 e. The summed E-state index contributed by atoms with van der Waals surface area (Å²) >= 11 is 0. The Morgan fingerprint density at radius 1 is 1.16 bits per heavy atom. The van der Waals surface area contributed by atoms with E-state index in [4.69, 9.17) is 0 Å². The van der Waals surface area contributed by atoms with Gasteiger partial charge >= 0.3 is 0 Å². The van der Waals surface area contributed by atoms with E-state index in [1.165, 1.54) is 43.4 Å². The fourth-order valence-electron chi connectivity index (χ4n) is 3.41. The molecule has 0 saturated heterocycles. The van der Waals surface area contributed by atoms with Gasteiger partial charge in [0.15, 0.2) is 0 Å². The van der Waals surface area contributed by atoms with Gasteiger partial charge in [0.1, 0.15) is 0 Å². The monoisotopic (exact) mass is 259 g/mol. The minimum Gasteiger partial charge on any atom is -0.261 e. The van der Waals surface area contributed by atoms with Crippen LogP contribution < -0.4 is 0 Å². The Bertz CT molecular complexity index is 394. The Morgan fingerprint density at radius 3 is 2.42 bits per heavy atom. The molecule has 1 nitrogen and oxygen atoms in total. The van der Waals surface area contributed by atoms with E-state index >= 15 is 0 Å². The molecule has 1 heterocycles. The van der Waals surface area contributed by atoms with E-state index in [1.54, 1.807) is 0 Å². The maximum absolute atomic E-state index is 4.40. The lowest BCUT2D eigenvalue weighted by molar-refractivity contribution is 0.150. The topological polar surface area (TPSA) is 12.9 Å². The van der Waals surface area contributed by atoms with Crippen LogP contribution in [0.25, 0.3) is 0 Å². The minimum atomic E-state index is 0.497. The van der Waals surface area contributed by atoms with Crippen molar-refractivity contribution < 1.29 is 0 Å². The van der Waals surface area contributed by atoms with Crippen LogP contribution in [0.2, 0.25) is 0 Å². The molecule has 1 aromatic heterocycles. The van der Waals surface area contributed by atoms with Gasteiger partial charge in [-0.15, -0.1) is 0 Å². The highest BCUT2D eigenvalue weighted by Gasteiger charge is 2.29. The molecule has 2 rings (SSSR count). The number of rotatable bonds is 3. The van der Waals surface area contributed by atoms with Crippen molar-refractivity contribution >= 4 is 0 Å². The molecule has 1 aliphatic carbocycles. The lowest BCUT2D eigenvalue weighted by Gasteiger charge is -2.37. The molecular formula is C18H29N. The first-order chi connectivity index (χ1) is 8.99. The second-order valence-corrected chi connectivity index (χ2v) is 7.30. The van der Waals surface area contributed by atoms with Crippen LogP contribution >= 0.6 is 0 Å². The van der Waals surface area contributed by atoms with Crippen molar-refractivity contribution in [2.45, 2.75) is 66.2 Å².